The second kappa shape index (κ2) is 4.50. The van der Waals surface area contributed by atoms with Crippen LogP contribution in [0, 0.1) is 0 Å². The molecule has 2 aromatic rings. The summed E-state index contributed by atoms with van der Waals surface area (Å²) in [5.74, 6) is 0. The lowest BCUT2D eigenvalue weighted by Gasteiger charge is -2.18. The summed E-state index contributed by atoms with van der Waals surface area (Å²) >= 11 is 0. The van der Waals surface area contributed by atoms with Crippen molar-refractivity contribution in [3.63, 3.8) is 0 Å². The average Bonchev–Trinajstić information content (AvgIpc) is 3.00. The van der Waals surface area contributed by atoms with Crippen molar-refractivity contribution in [3.8, 4) is 0 Å². The molecule has 0 unspecified atom stereocenters. The van der Waals surface area contributed by atoms with Crippen LogP contribution in [0.4, 0.5) is 0 Å². The van der Waals surface area contributed by atoms with E-state index < -0.39 is 0 Å². The lowest BCUT2D eigenvalue weighted by atomic mass is 10.1. The molecule has 2 aliphatic rings. The molecule has 0 saturated heterocycles. The highest BCUT2D eigenvalue weighted by Crippen LogP contribution is 2.25. The summed E-state index contributed by atoms with van der Waals surface area (Å²) in [7, 11) is 0. The van der Waals surface area contributed by atoms with Crippen LogP contribution in [0.1, 0.15) is 22.3 Å². The SMILES string of the molecule is c1ccc2c(c1)CC(NC1Cc3ccccc3C1)C2. The molecule has 0 bridgehead atoms. The third kappa shape index (κ3) is 2.08. The Kier molecular flexibility index (Phi) is 2.66. The van der Waals surface area contributed by atoms with Gasteiger partial charge in [0.2, 0.25) is 0 Å². The molecule has 4 rings (SSSR count). The van der Waals surface area contributed by atoms with E-state index >= 15 is 0 Å². The summed E-state index contributed by atoms with van der Waals surface area (Å²) in [6, 6.07) is 19.0. The zero-order valence-corrected chi connectivity index (χ0v) is 11.1. The van der Waals surface area contributed by atoms with Crippen LogP contribution in [0.15, 0.2) is 48.5 Å². The minimum absolute atomic E-state index is 0.636. The van der Waals surface area contributed by atoms with Gasteiger partial charge in [0.1, 0.15) is 0 Å². The van der Waals surface area contributed by atoms with Crippen molar-refractivity contribution < 1.29 is 0 Å². The first kappa shape index (κ1) is 11.2. The third-order valence-corrected chi connectivity index (χ3v) is 4.57. The monoisotopic (exact) mass is 249 g/mol. The molecule has 2 aliphatic carbocycles. The summed E-state index contributed by atoms with van der Waals surface area (Å²) in [6.07, 6.45) is 4.79. The van der Waals surface area contributed by atoms with Gasteiger partial charge in [0.25, 0.3) is 0 Å². The highest BCUT2D eigenvalue weighted by atomic mass is 15.0. The maximum Gasteiger partial charge on any atom is 0.0151 e. The first-order chi connectivity index (χ1) is 9.38. The van der Waals surface area contributed by atoms with Gasteiger partial charge in [-0.15, -0.1) is 0 Å². The molecule has 19 heavy (non-hydrogen) atoms. The summed E-state index contributed by atoms with van der Waals surface area (Å²) < 4.78 is 0. The Labute approximate surface area is 114 Å². The number of hydrogen-bond acceptors (Lipinski definition) is 1. The molecule has 96 valence electrons. The first-order valence-corrected chi connectivity index (χ1v) is 7.28. The largest absolute Gasteiger partial charge is 0.310 e. The van der Waals surface area contributed by atoms with Gasteiger partial charge < -0.3 is 5.32 Å². The van der Waals surface area contributed by atoms with Crippen LogP contribution >= 0.6 is 0 Å². The highest BCUT2D eigenvalue weighted by Gasteiger charge is 2.26. The molecule has 0 spiro atoms. The van der Waals surface area contributed by atoms with Crippen molar-refractivity contribution in [2.45, 2.75) is 37.8 Å². The van der Waals surface area contributed by atoms with Gasteiger partial charge in [-0.05, 0) is 47.9 Å². The number of rotatable bonds is 2. The minimum atomic E-state index is 0.636. The zero-order chi connectivity index (χ0) is 12.7. The van der Waals surface area contributed by atoms with Crippen LogP contribution in [0.3, 0.4) is 0 Å². The fraction of sp³-hybridized carbons (Fsp3) is 0.333. The predicted octanol–water partition coefficient (Wildman–Crippen LogP) is 2.91. The molecule has 1 N–H and O–H groups in total. The van der Waals surface area contributed by atoms with Crippen molar-refractivity contribution in [2.75, 3.05) is 0 Å². The Morgan fingerprint density at radius 2 is 0.895 bits per heavy atom. The van der Waals surface area contributed by atoms with Crippen molar-refractivity contribution in [1.29, 1.82) is 0 Å². The molecular formula is C18H19N. The molecule has 0 atom stereocenters. The van der Waals surface area contributed by atoms with Gasteiger partial charge in [-0.25, -0.2) is 0 Å². The maximum atomic E-state index is 3.87. The van der Waals surface area contributed by atoms with Gasteiger partial charge in [0.05, 0.1) is 0 Å². The van der Waals surface area contributed by atoms with E-state index in [1.807, 2.05) is 0 Å². The summed E-state index contributed by atoms with van der Waals surface area (Å²) in [6.45, 7) is 0. The second-order valence-corrected chi connectivity index (χ2v) is 5.91. The van der Waals surface area contributed by atoms with Crippen LogP contribution in [0.5, 0.6) is 0 Å². The molecule has 2 aromatic carbocycles. The molecule has 1 heteroatoms. The molecule has 0 radical (unpaired) electrons. The van der Waals surface area contributed by atoms with E-state index in [2.05, 4.69) is 53.8 Å². The fourth-order valence-corrected chi connectivity index (χ4v) is 3.69. The number of nitrogens with one attached hydrogen (secondary N) is 1. The first-order valence-electron chi connectivity index (χ1n) is 7.28. The van der Waals surface area contributed by atoms with Gasteiger partial charge in [-0.3, -0.25) is 0 Å². The molecular weight excluding hydrogens is 230 g/mol. The van der Waals surface area contributed by atoms with Gasteiger partial charge >= 0.3 is 0 Å². The molecule has 1 nitrogen and oxygen atoms in total. The Morgan fingerprint density at radius 1 is 0.579 bits per heavy atom. The third-order valence-electron chi connectivity index (χ3n) is 4.57. The van der Waals surface area contributed by atoms with Crippen LogP contribution in [0.25, 0.3) is 0 Å². The normalized spacial score (nSPS) is 18.5. The smallest absolute Gasteiger partial charge is 0.0151 e. The molecule has 0 amide bonds. The van der Waals surface area contributed by atoms with Crippen LogP contribution < -0.4 is 5.32 Å². The zero-order valence-electron chi connectivity index (χ0n) is 11.1. The van der Waals surface area contributed by atoms with Crippen molar-refractivity contribution in [2.24, 2.45) is 0 Å². The van der Waals surface area contributed by atoms with Gasteiger partial charge in [0, 0.05) is 12.1 Å². The molecule has 0 aliphatic heterocycles. The van der Waals surface area contributed by atoms with Crippen molar-refractivity contribution in [3.05, 3.63) is 70.8 Å². The Morgan fingerprint density at radius 3 is 1.21 bits per heavy atom. The van der Waals surface area contributed by atoms with Crippen molar-refractivity contribution >= 4 is 0 Å². The van der Waals surface area contributed by atoms with Gasteiger partial charge in [-0.1, -0.05) is 48.5 Å². The Balaban J connectivity index is 1.43. The summed E-state index contributed by atoms with van der Waals surface area (Å²) in [5, 5.41) is 3.87. The van der Waals surface area contributed by atoms with E-state index in [4.69, 9.17) is 0 Å². The maximum absolute atomic E-state index is 3.87. The Bertz CT molecular complexity index is 499. The number of fused-ring (bicyclic) bond motifs is 2. The number of benzene rings is 2. The van der Waals surface area contributed by atoms with Gasteiger partial charge in [0.15, 0.2) is 0 Å². The van der Waals surface area contributed by atoms with E-state index in [1.54, 1.807) is 0 Å². The average molecular weight is 249 g/mol. The van der Waals surface area contributed by atoms with Crippen LogP contribution in [-0.4, -0.2) is 12.1 Å². The van der Waals surface area contributed by atoms with Crippen LogP contribution in [0.2, 0.25) is 0 Å². The number of hydrogen-bond donors (Lipinski definition) is 1. The molecule has 0 heterocycles. The van der Waals surface area contributed by atoms with Crippen LogP contribution in [-0.2, 0) is 25.7 Å². The lowest BCUT2D eigenvalue weighted by Crippen LogP contribution is -2.39. The minimum Gasteiger partial charge on any atom is -0.310 e. The van der Waals surface area contributed by atoms with Gasteiger partial charge in [-0.2, -0.15) is 0 Å². The predicted molar refractivity (Wildman–Crippen MR) is 78.4 cm³/mol. The Hall–Kier alpha value is -1.60. The quantitative estimate of drug-likeness (QED) is 0.863. The topological polar surface area (TPSA) is 12.0 Å². The lowest BCUT2D eigenvalue weighted by molar-refractivity contribution is 0.445. The fourth-order valence-electron chi connectivity index (χ4n) is 3.69. The molecule has 0 saturated carbocycles. The van der Waals surface area contributed by atoms with E-state index in [9.17, 15) is 0 Å². The summed E-state index contributed by atoms with van der Waals surface area (Å²) in [4.78, 5) is 0. The second-order valence-electron chi connectivity index (χ2n) is 5.91. The standard InChI is InChI=1S/C18H19N/c1-2-6-14-10-17(9-13(14)5-1)19-18-11-15-7-3-4-8-16(15)12-18/h1-8,17-19H,9-12H2. The van der Waals surface area contributed by atoms with E-state index in [0.29, 0.717) is 12.1 Å². The van der Waals surface area contributed by atoms with E-state index in [1.165, 1.54) is 47.9 Å². The molecule has 0 aromatic heterocycles. The van der Waals surface area contributed by atoms with Crippen molar-refractivity contribution in [1.82, 2.24) is 5.32 Å². The van der Waals surface area contributed by atoms with E-state index in [-0.39, 0.29) is 0 Å². The molecule has 0 fully saturated rings. The summed E-state index contributed by atoms with van der Waals surface area (Å²) in [5.41, 5.74) is 6.15. The highest BCUT2D eigenvalue weighted by molar-refractivity contribution is 5.35. The van der Waals surface area contributed by atoms with E-state index in [0.717, 1.165) is 0 Å².